The highest BCUT2D eigenvalue weighted by Gasteiger charge is 2.04. The lowest BCUT2D eigenvalue weighted by Crippen LogP contribution is -2.13. The predicted molar refractivity (Wildman–Crippen MR) is 75.3 cm³/mol. The van der Waals surface area contributed by atoms with E-state index in [2.05, 4.69) is 46.1 Å². The lowest BCUT2D eigenvalue weighted by Gasteiger charge is -2.07. The highest BCUT2D eigenvalue weighted by molar-refractivity contribution is 5.85. The van der Waals surface area contributed by atoms with Crippen LogP contribution in [0, 0.1) is 12.3 Å². The number of imidazole rings is 1. The molecule has 5 nitrogen and oxygen atoms in total. The number of halogens is 1. The lowest BCUT2D eigenvalue weighted by atomic mass is 10.1. The molecule has 19 heavy (non-hydrogen) atoms. The van der Waals surface area contributed by atoms with Crippen LogP contribution in [0.1, 0.15) is 11.1 Å². The number of H-pyrrole nitrogens is 1. The highest BCUT2D eigenvalue weighted by Crippen LogP contribution is 2.08. The lowest BCUT2D eigenvalue weighted by molar-refractivity contribution is 0.783. The van der Waals surface area contributed by atoms with Crippen molar-refractivity contribution in [3.8, 4) is 0 Å². The van der Waals surface area contributed by atoms with E-state index in [4.69, 9.17) is 5.41 Å². The molecule has 0 amide bonds. The molecule has 1 aromatic carbocycles. The van der Waals surface area contributed by atoms with Crippen LogP contribution in [0.2, 0.25) is 0 Å². The quantitative estimate of drug-likeness (QED) is 0.751. The summed E-state index contributed by atoms with van der Waals surface area (Å²) < 4.78 is 1.94. The van der Waals surface area contributed by atoms with E-state index in [-0.39, 0.29) is 17.9 Å². The zero-order chi connectivity index (χ0) is 12.5. The molecule has 0 aliphatic carbocycles. The van der Waals surface area contributed by atoms with Crippen molar-refractivity contribution in [3.63, 3.8) is 0 Å². The molecule has 98 valence electrons. The maximum absolute atomic E-state index is 7.69. The van der Waals surface area contributed by atoms with E-state index in [0.717, 1.165) is 5.65 Å². The van der Waals surface area contributed by atoms with Gasteiger partial charge in [-0.2, -0.15) is 0 Å². The third-order valence-electron chi connectivity index (χ3n) is 2.93. The average molecular weight is 276 g/mol. The monoisotopic (exact) mass is 275 g/mol. The third kappa shape index (κ3) is 2.51. The molecule has 6 heteroatoms. The normalized spacial score (nSPS) is 10.4. The largest absolute Gasteiger partial charge is 0.340 e. The number of aryl methyl sites for hydroxylation is 1. The molecule has 2 aromatic heterocycles. The van der Waals surface area contributed by atoms with Gasteiger partial charge in [-0.05, 0) is 12.5 Å². The maximum Gasteiger partial charge on any atom is 0.173 e. The number of hydrogen-bond donors (Lipinski definition) is 2. The van der Waals surface area contributed by atoms with Crippen LogP contribution in [0.3, 0.4) is 0 Å². The maximum atomic E-state index is 7.69. The van der Waals surface area contributed by atoms with Gasteiger partial charge in [-0.25, -0.2) is 9.97 Å². The number of fused-ring (bicyclic) bond motifs is 1. The Balaban J connectivity index is 0.00000133. The van der Waals surface area contributed by atoms with Crippen LogP contribution in [0.15, 0.2) is 36.9 Å². The first-order chi connectivity index (χ1) is 8.74. The van der Waals surface area contributed by atoms with Crippen molar-refractivity contribution < 1.29 is 0 Å². The fourth-order valence-corrected chi connectivity index (χ4v) is 1.93. The van der Waals surface area contributed by atoms with E-state index in [1.165, 1.54) is 11.1 Å². The van der Waals surface area contributed by atoms with Gasteiger partial charge in [0.2, 0.25) is 0 Å². The van der Waals surface area contributed by atoms with Gasteiger partial charge in [0.15, 0.2) is 11.1 Å². The summed E-state index contributed by atoms with van der Waals surface area (Å²) in [6.45, 7) is 2.77. The van der Waals surface area contributed by atoms with E-state index in [1.54, 1.807) is 12.7 Å². The van der Waals surface area contributed by atoms with E-state index in [0.29, 0.717) is 12.1 Å². The summed E-state index contributed by atoms with van der Waals surface area (Å²) in [5, 5.41) is 7.69. The second-order valence-corrected chi connectivity index (χ2v) is 4.31. The molecule has 0 aliphatic heterocycles. The summed E-state index contributed by atoms with van der Waals surface area (Å²) in [5.74, 6) is 0. The summed E-state index contributed by atoms with van der Waals surface area (Å²) in [4.78, 5) is 11.2. The standard InChI is InChI=1S/C13H13N5.ClH/c1-9-2-4-10(5-3-9)6-18-8-17-12(14)11-13(18)16-7-15-11;/h2-5,7-8,14H,6H2,1H3,(H,15,16);1H. The minimum Gasteiger partial charge on any atom is -0.340 e. The second kappa shape index (κ2) is 5.24. The van der Waals surface area contributed by atoms with Gasteiger partial charge in [0.1, 0.15) is 5.52 Å². The molecule has 0 atom stereocenters. The van der Waals surface area contributed by atoms with Crippen LogP contribution in [0.5, 0.6) is 0 Å². The molecular formula is C13H14ClN5. The van der Waals surface area contributed by atoms with Crippen molar-refractivity contribution in [2.75, 3.05) is 0 Å². The number of aromatic amines is 1. The Kier molecular flexibility index (Phi) is 3.66. The number of benzene rings is 1. The number of aromatic nitrogens is 4. The van der Waals surface area contributed by atoms with Gasteiger partial charge in [0.05, 0.1) is 19.2 Å². The molecule has 0 radical (unpaired) electrons. The van der Waals surface area contributed by atoms with E-state index in [9.17, 15) is 0 Å². The second-order valence-electron chi connectivity index (χ2n) is 4.31. The minimum atomic E-state index is 0. The van der Waals surface area contributed by atoms with E-state index < -0.39 is 0 Å². The van der Waals surface area contributed by atoms with Crippen molar-refractivity contribution in [2.45, 2.75) is 13.5 Å². The first kappa shape index (κ1) is 13.3. The van der Waals surface area contributed by atoms with Crippen LogP contribution in [0.25, 0.3) is 11.2 Å². The molecule has 2 heterocycles. The third-order valence-corrected chi connectivity index (χ3v) is 2.93. The molecule has 3 aromatic rings. The van der Waals surface area contributed by atoms with Gasteiger partial charge < -0.3 is 9.55 Å². The van der Waals surface area contributed by atoms with Gasteiger partial charge in [-0.15, -0.1) is 12.4 Å². The summed E-state index contributed by atoms with van der Waals surface area (Å²) in [6.07, 6.45) is 3.25. The topological polar surface area (TPSA) is 70.3 Å². The molecule has 0 spiro atoms. The summed E-state index contributed by atoms with van der Waals surface area (Å²) in [7, 11) is 0. The van der Waals surface area contributed by atoms with Crippen molar-refractivity contribution >= 4 is 23.6 Å². The molecule has 0 saturated carbocycles. The Morgan fingerprint density at radius 2 is 1.95 bits per heavy atom. The summed E-state index contributed by atoms with van der Waals surface area (Å²) >= 11 is 0. The SMILES string of the molecule is Cc1ccc(Cn2cnc(=N)c3[nH]cnc32)cc1.Cl. The van der Waals surface area contributed by atoms with Crippen molar-refractivity contribution in [1.29, 1.82) is 5.41 Å². The molecule has 2 N–H and O–H groups in total. The first-order valence-electron chi connectivity index (χ1n) is 5.73. The fourth-order valence-electron chi connectivity index (χ4n) is 1.93. The number of nitrogens with one attached hydrogen (secondary N) is 2. The zero-order valence-corrected chi connectivity index (χ0v) is 11.2. The molecule has 0 unspecified atom stereocenters. The Morgan fingerprint density at radius 3 is 2.68 bits per heavy atom. The molecule has 0 aliphatic rings. The van der Waals surface area contributed by atoms with Gasteiger partial charge in [0.25, 0.3) is 0 Å². The number of hydrogen-bond acceptors (Lipinski definition) is 3. The van der Waals surface area contributed by atoms with Gasteiger partial charge in [-0.3, -0.25) is 5.41 Å². The van der Waals surface area contributed by atoms with E-state index in [1.807, 2.05) is 4.57 Å². The van der Waals surface area contributed by atoms with Crippen molar-refractivity contribution in [1.82, 2.24) is 19.5 Å². The van der Waals surface area contributed by atoms with Gasteiger partial charge >= 0.3 is 0 Å². The summed E-state index contributed by atoms with van der Waals surface area (Å²) in [5.41, 5.74) is 4.09. The number of nitrogens with zero attached hydrogens (tertiary/aromatic N) is 3. The van der Waals surface area contributed by atoms with Crippen molar-refractivity contribution in [3.05, 3.63) is 53.5 Å². The number of rotatable bonds is 2. The van der Waals surface area contributed by atoms with Crippen LogP contribution in [-0.2, 0) is 6.54 Å². The van der Waals surface area contributed by atoms with Crippen LogP contribution < -0.4 is 5.49 Å². The van der Waals surface area contributed by atoms with Gasteiger partial charge in [-0.1, -0.05) is 29.8 Å². The summed E-state index contributed by atoms with van der Waals surface area (Å²) in [6, 6.07) is 8.36. The van der Waals surface area contributed by atoms with Gasteiger partial charge in [0, 0.05) is 0 Å². The molecule has 3 rings (SSSR count). The zero-order valence-electron chi connectivity index (χ0n) is 10.4. The average Bonchev–Trinajstić information content (AvgIpc) is 2.86. The minimum absolute atomic E-state index is 0. The van der Waals surface area contributed by atoms with Crippen molar-refractivity contribution in [2.24, 2.45) is 0 Å². The molecular weight excluding hydrogens is 262 g/mol. The smallest absolute Gasteiger partial charge is 0.173 e. The molecule has 0 fully saturated rings. The Morgan fingerprint density at radius 1 is 1.21 bits per heavy atom. The first-order valence-corrected chi connectivity index (χ1v) is 5.73. The Bertz CT molecular complexity index is 742. The van der Waals surface area contributed by atoms with Crippen LogP contribution in [0.4, 0.5) is 0 Å². The molecule has 0 bridgehead atoms. The highest BCUT2D eigenvalue weighted by atomic mass is 35.5. The Hall–Kier alpha value is -2.14. The van der Waals surface area contributed by atoms with E-state index >= 15 is 0 Å². The predicted octanol–water partition coefficient (Wildman–Crippen LogP) is 2.02. The molecule has 0 saturated heterocycles. The Labute approximate surface area is 116 Å². The van der Waals surface area contributed by atoms with Crippen LogP contribution >= 0.6 is 12.4 Å². The fraction of sp³-hybridized carbons (Fsp3) is 0.154. The van der Waals surface area contributed by atoms with Crippen LogP contribution in [-0.4, -0.2) is 19.5 Å².